The van der Waals surface area contributed by atoms with Crippen LogP contribution >= 0.6 is 0 Å². The van der Waals surface area contributed by atoms with Gasteiger partial charge in [-0.05, 0) is 41.5 Å². The third kappa shape index (κ3) is 5.53. The van der Waals surface area contributed by atoms with Gasteiger partial charge >= 0.3 is 0 Å². The summed E-state index contributed by atoms with van der Waals surface area (Å²) < 4.78 is 1.56. The molecule has 1 unspecified atom stereocenters. The summed E-state index contributed by atoms with van der Waals surface area (Å²) in [4.78, 5) is 0. The number of allylic oxidation sites excluding steroid dienone is 2. The minimum Gasteiger partial charge on any atom is -1.00 e. The number of nitrogens with zero attached hydrogens (tertiary/aromatic N) is 2. The van der Waals surface area contributed by atoms with Crippen molar-refractivity contribution in [3.63, 3.8) is 0 Å². The standard InChI is InChI=1S/C28H32N2.2HI/c1-29(2,3)25-18-15-23(16-19-25)27(22-11-7-6-8-12-22)21-26-20-17-24-13-9-10-14-28(24)30(26,4)5;;/h6-21,27H,1-5H3;2*1H/q+2;;/p-2/b26-21+;;. The van der Waals surface area contributed by atoms with E-state index in [0.717, 1.165) is 8.97 Å². The van der Waals surface area contributed by atoms with Crippen LogP contribution < -0.4 is 56.9 Å². The Kier molecular flexibility index (Phi) is 8.90. The number of hydrogen-bond donors (Lipinski definition) is 0. The molecule has 2 nitrogen and oxygen atoms in total. The van der Waals surface area contributed by atoms with E-state index in [1.165, 1.54) is 33.8 Å². The van der Waals surface area contributed by atoms with E-state index < -0.39 is 0 Å². The Morgan fingerprint density at radius 3 is 1.88 bits per heavy atom. The molecule has 3 aromatic rings. The third-order valence-electron chi connectivity index (χ3n) is 6.14. The molecule has 168 valence electrons. The van der Waals surface area contributed by atoms with Crippen molar-refractivity contribution in [1.82, 2.24) is 8.97 Å². The van der Waals surface area contributed by atoms with Crippen molar-refractivity contribution in [2.24, 2.45) is 0 Å². The van der Waals surface area contributed by atoms with Gasteiger partial charge in [0.2, 0.25) is 0 Å². The molecular weight excluding hydrogens is 618 g/mol. The lowest BCUT2D eigenvalue weighted by Gasteiger charge is -2.34. The highest BCUT2D eigenvalue weighted by Crippen LogP contribution is 2.37. The molecule has 0 saturated carbocycles. The molecule has 0 amide bonds. The van der Waals surface area contributed by atoms with Crippen molar-refractivity contribution in [1.29, 1.82) is 0 Å². The number of likely N-dealkylation sites (N-methyl/N-ethyl adjacent to an activating group) is 1. The van der Waals surface area contributed by atoms with Crippen LogP contribution in [0.4, 0.5) is 11.4 Å². The highest BCUT2D eigenvalue weighted by atomic mass is 127. The Bertz CT molecular complexity index is 1090. The Balaban J connectivity index is 0.00000181. The van der Waals surface area contributed by atoms with Crippen molar-refractivity contribution in [2.75, 3.05) is 35.2 Å². The van der Waals surface area contributed by atoms with E-state index in [4.69, 9.17) is 0 Å². The molecule has 4 rings (SSSR count). The van der Waals surface area contributed by atoms with Crippen molar-refractivity contribution in [2.45, 2.75) is 5.92 Å². The van der Waals surface area contributed by atoms with E-state index >= 15 is 0 Å². The van der Waals surface area contributed by atoms with Gasteiger partial charge in [-0.15, -0.1) is 0 Å². The van der Waals surface area contributed by atoms with Crippen molar-refractivity contribution >= 4 is 17.5 Å². The number of halogens is 2. The zero-order chi connectivity index (χ0) is 21.4. The van der Waals surface area contributed by atoms with Crippen molar-refractivity contribution < 1.29 is 48.0 Å². The molecule has 0 N–H and O–H groups in total. The summed E-state index contributed by atoms with van der Waals surface area (Å²) >= 11 is 0. The SMILES string of the molecule is C[N+](C)(C)c1ccc(C(/C=C2\C=Cc3ccccc3[N+]2(C)C)c2ccccc2)cc1.[I-].[I-]. The molecule has 0 saturated heterocycles. The fourth-order valence-corrected chi connectivity index (χ4v) is 4.22. The Morgan fingerprint density at radius 1 is 0.688 bits per heavy atom. The largest absolute Gasteiger partial charge is 1.00 e. The van der Waals surface area contributed by atoms with Gasteiger partial charge in [-0.25, -0.2) is 0 Å². The molecule has 0 aromatic heterocycles. The molecule has 32 heavy (non-hydrogen) atoms. The highest BCUT2D eigenvalue weighted by molar-refractivity contribution is 5.73. The van der Waals surface area contributed by atoms with Crippen LogP contribution in [0.2, 0.25) is 0 Å². The Labute approximate surface area is 227 Å². The summed E-state index contributed by atoms with van der Waals surface area (Å²) in [6, 6.07) is 28.6. The molecule has 1 atom stereocenters. The van der Waals surface area contributed by atoms with Crippen LogP contribution in [0.25, 0.3) is 6.08 Å². The normalized spacial score (nSPS) is 16.5. The Morgan fingerprint density at radius 2 is 1.25 bits per heavy atom. The number of hydrogen-bond acceptors (Lipinski definition) is 0. The number of quaternary nitrogens is 2. The average Bonchev–Trinajstić information content (AvgIpc) is 2.73. The second kappa shape index (κ2) is 10.6. The molecule has 0 radical (unpaired) electrons. The number of fused-ring (bicyclic) bond motifs is 1. The summed E-state index contributed by atoms with van der Waals surface area (Å²) in [5.74, 6) is 0.204. The summed E-state index contributed by atoms with van der Waals surface area (Å²) in [6.07, 6.45) is 6.95. The highest BCUT2D eigenvalue weighted by Gasteiger charge is 2.30. The minimum absolute atomic E-state index is 0. The van der Waals surface area contributed by atoms with Crippen LogP contribution in [-0.2, 0) is 0 Å². The fourth-order valence-electron chi connectivity index (χ4n) is 4.22. The van der Waals surface area contributed by atoms with E-state index in [0.29, 0.717) is 0 Å². The smallest absolute Gasteiger partial charge is 0.144 e. The number of para-hydroxylation sites is 1. The van der Waals surface area contributed by atoms with Crippen LogP contribution in [0.5, 0.6) is 0 Å². The fraction of sp³-hybridized carbons (Fsp3) is 0.214. The first-order valence-electron chi connectivity index (χ1n) is 10.6. The van der Waals surface area contributed by atoms with E-state index in [9.17, 15) is 0 Å². The van der Waals surface area contributed by atoms with Crippen LogP contribution in [0.1, 0.15) is 22.6 Å². The van der Waals surface area contributed by atoms with Gasteiger partial charge in [0.05, 0.1) is 35.2 Å². The molecule has 1 aliphatic heterocycles. The predicted octanol–water partition coefficient (Wildman–Crippen LogP) is 0.201. The Hall–Kier alpha value is -1.48. The van der Waals surface area contributed by atoms with Gasteiger partial charge in [0.25, 0.3) is 0 Å². The second-order valence-electron chi connectivity index (χ2n) is 9.43. The topological polar surface area (TPSA) is 0 Å². The maximum Gasteiger partial charge on any atom is 0.144 e. The van der Waals surface area contributed by atoms with E-state index in [-0.39, 0.29) is 53.9 Å². The summed E-state index contributed by atoms with van der Waals surface area (Å²) in [5.41, 5.74) is 7.87. The molecule has 0 aliphatic carbocycles. The van der Waals surface area contributed by atoms with Crippen molar-refractivity contribution in [3.8, 4) is 0 Å². The maximum atomic E-state index is 2.43. The zero-order valence-corrected chi connectivity index (χ0v) is 23.8. The third-order valence-corrected chi connectivity index (χ3v) is 6.14. The van der Waals surface area contributed by atoms with Gasteiger partial charge < -0.3 is 48.0 Å². The number of benzene rings is 3. The van der Waals surface area contributed by atoms with Crippen LogP contribution in [-0.4, -0.2) is 35.2 Å². The van der Waals surface area contributed by atoms with Gasteiger partial charge in [-0.3, -0.25) is 8.97 Å². The molecule has 4 heteroatoms. The first kappa shape index (κ1) is 26.8. The second-order valence-corrected chi connectivity index (χ2v) is 9.43. The lowest BCUT2D eigenvalue weighted by Crippen LogP contribution is -3.00. The maximum absolute atomic E-state index is 2.43. The quantitative estimate of drug-likeness (QED) is 0.280. The van der Waals surface area contributed by atoms with Crippen molar-refractivity contribution in [3.05, 3.63) is 113 Å². The lowest BCUT2D eigenvalue weighted by molar-refractivity contribution is -0.001000. The average molecular weight is 650 g/mol. The molecule has 0 spiro atoms. The monoisotopic (exact) mass is 650 g/mol. The van der Waals surface area contributed by atoms with Gasteiger partial charge in [0.1, 0.15) is 17.1 Å². The summed E-state index contributed by atoms with van der Waals surface area (Å²) in [7, 11) is 11.2. The molecule has 0 bridgehead atoms. The van der Waals surface area contributed by atoms with Crippen LogP contribution in [0.15, 0.2) is 96.7 Å². The summed E-state index contributed by atoms with van der Waals surface area (Å²) in [5, 5.41) is 0. The van der Waals surface area contributed by atoms with E-state index in [1.807, 2.05) is 0 Å². The van der Waals surface area contributed by atoms with Gasteiger partial charge in [-0.1, -0.05) is 54.6 Å². The lowest BCUT2D eigenvalue weighted by atomic mass is 9.89. The minimum atomic E-state index is 0. The molecular formula is C28H32I2N2. The van der Waals surface area contributed by atoms with Crippen LogP contribution in [0, 0.1) is 0 Å². The van der Waals surface area contributed by atoms with Gasteiger partial charge in [-0.2, -0.15) is 0 Å². The number of rotatable bonds is 4. The summed E-state index contributed by atoms with van der Waals surface area (Å²) in [6.45, 7) is 0. The molecule has 0 fully saturated rings. The van der Waals surface area contributed by atoms with E-state index in [2.05, 4.69) is 132 Å². The zero-order valence-electron chi connectivity index (χ0n) is 19.5. The molecule has 1 aliphatic rings. The first-order valence-corrected chi connectivity index (χ1v) is 10.6. The van der Waals surface area contributed by atoms with Crippen LogP contribution in [0.3, 0.4) is 0 Å². The predicted molar refractivity (Wildman–Crippen MR) is 131 cm³/mol. The van der Waals surface area contributed by atoms with E-state index in [1.54, 1.807) is 0 Å². The van der Waals surface area contributed by atoms with Gasteiger partial charge in [0, 0.05) is 23.6 Å². The van der Waals surface area contributed by atoms with Gasteiger partial charge in [0.15, 0.2) is 0 Å². The first-order chi connectivity index (χ1) is 14.3. The molecule has 1 heterocycles. The molecule has 3 aromatic carbocycles.